The average Bonchev–Trinajstić information content (AvgIpc) is 3.06. The highest BCUT2D eigenvalue weighted by atomic mass is 32.1. The number of benzene rings is 1. The summed E-state index contributed by atoms with van der Waals surface area (Å²) in [5.41, 5.74) is 1.91. The lowest BCUT2D eigenvalue weighted by molar-refractivity contribution is -0.122. The summed E-state index contributed by atoms with van der Waals surface area (Å²) >= 11 is 1.44. The number of rotatable bonds is 3. The lowest BCUT2D eigenvalue weighted by atomic mass is 10.1. The first-order chi connectivity index (χ1) is 10.1. The van der Waals surface area contributed by atoms with Gasteiger partial charge >= 0.3 is 0 Å². The molecule has 0 aliphatic carbocycles. The van der Waals surface area contributed by atoms with Crippen LogP contribution in [0.4, 0.5) is 5.13 Å². The Balaban J connectivity index is 1.75. The Bertz CT molecular complexity index is 681. The van der Waals surface area contributed by atoms with E-state index in [4.69, 9.17) is 0 Å². The van der Waals surface area contributed by atoms with Gasteiger partial charge in [0.2, 0.25) is 11.8 Å². The molecule has 0 bridgehead atoms. The standard InChI is InChI=1S/C15H15N3O2S/c1-9-13(10-5-3-2-4-6-10)17-15(21-9)18-14(20)11-7-8-12(19)16-11/h2-6,11H,7-8H2,1H3,(H,16,19)(H,17,18,20)/t11-/m1/s1. The highest BCUT2D eigenvalue weighted by molar-refractivity contribution is 7.16. The molecule has 1 fully saturated rings. The molecule has 2 heterocycles. The van der Waals surface area contributed by atoms with Gasteiger partial charge in [-0.25, -0.2) is 4.98 Å². The molecule has 1 aromatic heterocycles. The minimum atomic E-state index is -0.443. The molecule has 0 spiro atoms. The maximum Gasteiger partial charge on any atom is 0.248 e. The van der Waals surface area contributed by atoms with Crippen LogP contribution >= 0.6 is 11.3 Å². The Kier molecular flexibility index (Phi) is 3.70. The van der Waals surface area contributed by atoms with Crippen LogP contribution in [0.2, 0.25) is 0 Å². The van der Waals surface area contributed by atoms with E-state index < -0.39 is 6.04 Å². The fraction of sp³-hybridized carbons (Fsp3) is 0.267. The molecule has 1 saturated heterocycles. The largest absolute Gasteiger partial charge is 0.344 e. The zero-order valence-electron chi connectivity index (χ0n) is 11.6. The summed E-state index contributed by atoms with van der Waals surface area (Å²) in [4.78, 5) is 28.7. The van der Waals surface area contributed by atoms with Crippen LogP contribution in [0.3, 0.4) is 0 Å². The Morgan fingerprint density at radius 1 is 1.38 bits per heavy atom. The van der Waals surface area contributed by atoms with Crippen LogP contribution < -0.4 is 10.6 Å². The van der Waals surface area contributed by atoms with Crippen molar-refractivity contribution in [3.05, 3.63) is 35.2 Å². The number of hydrogen-bond donors (Lipinski definition) is 2. The lowest BCUT2D eigenvalue weighted by Gasteiger charge is -2.08. The van der Waals surface area contributed by atoms with Crippen molar-refractivity contribution in [3.8, 4) is 11.3 Å². The Morgan fingerprint density at radius 2 is 2.14 bits per heavy atom. The molecule has 5 nitrogen and oxygen atoms in total. The third-order valence-corrected chi connectivity index (χ3v) is 4.27. The van der Waals surface area contributed by atoms with E-state index in [1.165, 1.54) is 11.3 Å². The summed E-state index contributed by atoms with van der Waals surface area (Å²) in [5, 5.41) is 6.01. The van der Waals surface area contributed by atoms with E-state index in [1.807, 2.05) is 37.3 Å². The molecular formula is C15H15N3O2S. The van der Waals surface area contributed by atoms with Crippen molar-refractivity contribution in [1.29, 1.82) is 0 Å². The van der Waals surface area contributed by atoms with E-state index in [0.717, 1.165) is 16.1 Å². The van der Waals surface area contributed by atoms with Gasteiger partial charge < -0.3 is 10.6 Å². The molecule has 1 aliphatic heterocycles. The maximum atomic E-state index is 12.1. The van der Waals surface area contributed by atoms with Gasteiger partial charge in [0.15, 0.2) is 5.13 Å². The van der Waals surface area contributed by atoms with Gasteiger partial charge in [-0.15, -0.1) is 11.3 Å². The molecule has 0 unspecified atom stereocenters. The van der Waals surface area contributed by atoms with Gasteiger partial charge in [0, 0.05) is 16.9 Å². The van der Waals surface area contributed by atoms with E-state index in [0.29, 0.717) is 18.0 Å². The molecule has 2 N–H and O–H groups in total. The smallest absolute Gasteiger partial charge is 0.248 e. The SMILES string of the molecule is Cc1sc(NC(=O)[C@H]2CCC(=O)N2)nc1-c1ccccc1. The van der Waals surface area contributed by atoms with Gasteiger partial charge in [0.25, 0.3) is 0 Å². The van der Waals surface area contributed by atoms with Crippen molar-refractivity contribution in [2.24, 2.45) is 0 Å². The number of aryl methyl sites for hydroxylation is 1. The highest BCUT2D eigenvalue weighted by Crippen LogP contribution is 2.30. The van der Waals surface area contributed by atoms with E-state index in [1.54, 1.807) is 0 Å². The molecule has 1 aromatic carbocycles. The van der Waals surface area contributed by atoms with Crippen molar-refractivity contribution in [1.82, 2.24) is 10.3 Å². The van der Waals surface area contributed by atoms with Crippen LogP contribution in [0.15, 0.2) is 30.3 Å². The average molecular weight is 301 g/mol. The van der Waals surface area contributed by atoms with Gasteiger partial charge in [-0.3, -0.25) is 9.59 Å². The normalized spacial score (nSPS) is 17.6. The predicted molar refractivity (Wildman–Crippen MR) is 82.1 cm³/mol. The third-order valence-electron chi connectivity index (χ3n) is 3.39. The number of anilines is 1. The zero-order chi connectivity index (χ0) is 14.8. The van der Waals surface area contributed by atoms with E-state index in [-0.39, 0.29) is 11.8 Å². The summed E-state index contributed by atoms with van der Waals surface area (Å²) < 4.78 is 0. The number of thiazole rings is 1. The quantitative estimate of drug-likeness (QED) is 0.914. The zero-order valence-corrected chi connectivity index (χ0v) is 12.4. The minimum Gasteiger partial charge on any atom is -0.344 e. The van der Waals surface area contributed by atoms with E-state index >= 15 is 0 Å². The summed E-state index contributed by atoms with van der Waals surface area (Å²) in [6.45, 7) is 1.98. The van der Waals surface area contributed by atoms with Crippen LogP contribution in [-0.2, 0) is 9.59 Å². The molecule has 21 heavy (non-hydrogen) atoms. The summed E-state index contributed by atoms with van der Waals surface area (Å²) in [7, 11) is 0. The minimum absolute atomic E-state index is 0.0737. The van der Waals surface area contributed by atoms with E-state index in [2.05, 4.69) is 15.6 Å². The number of nitrogens with one attached hydrogen (secondary N) is 2. The first-order valence-corrected chi connectivity index (χ1v) is 7.58. The molecule has 0 saturated carbocycles. The topological polar surface area (TPSA) is 71.1 Å². The molecule has 108 valence electrons. The van der Waals surface area contributed by atoms with Crippen LogP contribution in [0.5, 0.6) is 0 Å². The van der Waals surface area contributed by atoms with Crippen molar-refractivity contribution in [2.45, 2.75) is 25.8 Å². The molecule has 1 atom stereocenters. The second kappa shape index (κ2) is 5.65. The maximum absolute atomic E-state index is 12.1. The van der Waals surface area contributed by atoms with Crippen molar-refractivity contribution >= 4 is 28.3 Å². The first kappa shape index (κ1) is 13.8. The third kappa shape index (κ3) is 2.95. The summed E-state index contributed by atoms with van der Waals surface area (Å²) in [5.74, 6) is -0.273. The second-order valence-electron chi connectivity index (χ2n) is 4.94. The van der Waals surface area contributed by atoms with Crippen LogP contribution in [0.25, 0.3) is 11.3 Å². The monoisotopic (exact) mass is 301 g/mol. The molecule has 2 aromatic rings. The number of amides is 2. The molecular weight excluding hydrogens is 286 g/mol. The van der Waals surface area contributed by atoms with Crippen LogP contribution in [0.1, 0.15) is 17.7 Å². The lowest BCUT2D eigenvalue weighted by Crippen LogP contribution is -2.37. The fourth-order valence-electron chi connectivity index (χ4n) is 2.32. The number of aromatic nitrogens is 1. The van der Waals surface area contributed by atoms with Crippen molar-refractivity contribution in [2.75, 3.05) is 5.32 Å². The number of carbonyl (C=O) groups is 2. The van der Waals surface area contributed by atoms with Crippen LogP contribution in [-0.4, -0.2) is 22.8 Å². The molecule has 1 aliphatic rings. The van der Waals surface area contributed by atoms with Crippen LogP contribution in [0, 0.1) is 6.92 Å². The molecule has 0 radical (unpaired) electrons. The van der Waals surface area contributed by atoms with Gasteiger partial charge in [0.05, 0.1) is 5.69 Å². The van der Waals surface area contributed by atoms with Gasteiger partial charge in [-0.2, -0.15) is 0 Å². The van der Waals surface area contributed by atoms with Crippen molar-refractivity contribution in [3.63, 3.8) is 0 Å². The second-order valence-corrected chi connectivity index (χ2v) is 6.14. The van der Waals surface area contributed by atoms with Crippen molar-refractivity contribution < 1.29 is 9.59 Å². The van der Waals surface area contributed by atoms with Gasteiger partial charge in [-0.1, -0.05) is 30.3 Å². The van der Waals surface area contributed by atoms with E-state index in [9.17, 15) is 9.59 Å². The number of nitrogens with zero attached hydrogens (tertiary/aromatic N) is 1. The first-order valence-electron chi connectivity index (χ1n) is 6.76. The Hall–Kier alpha value is -2.21. The number of carbonyl (C=O) groups excluding carboxylic acids is 2. The fourth-order valence-corrected chi connectivity index (χ4v) is 3.16. The molecule has 2 amide bonds. The molecule has 3 rings (SSSR count). The Morgan fingerprint density at radius 3 is 2.81 bits per heavy atom. The predicted octanol–water partition coefficient (Wildman–Crippen LogP) is 2.34. The molecule has 6 heteroatoms. The summed E-state index contributed by atoms with van der Waals surface area (Å²) in [6.07, 6.45) is 0.949. The summed E-state index contributed by atoms with van der Waals surface area (Å²) in [6, 6.07) is 9.41. The number of hydrogen-bond acceptors (Lipinski definition) is 4. The van der Waals surface area contributed by atoms with Gasteiger partial charge in [0.1, 0.15) is 6.04 Å². The Labute approximate surface area is 126 Å². The highest BCUT2D eigenvalue weighted by Gasteiger charge is 2.27. The van der Waals surface area contributed by atoms with Gasteiger partial charge in [-0.05, 0) is 13.3 Å².